The van der Waals surface area contributed by atoms with E-state index in [2.05, 4.69) is 25.1 Å². The summed E-state index contributed by atoms with van der Waals surface area (Å²) in [6, 6.07) is 6.68. The molecule has 0 saturated heterocycles. The van der Waals surface area contributed by atoms with Crippen molar-refractivity contribution < 1.29 is 4.74 Å². The Bertz CT molecular complexity index is 346. The SMILES string of the molecule is CC(N)Cc1ccc2c(c1)CCC(C)O2. The Morgan fingerprint density at radius 2 is 2.33 bits per heavy atom. The van der Waals surface area contributed by atoms with Crippen molar-refractivity contribution in [2.24, 2.45) is 5.73 Å². The molecule has 1 aromatic rings. The minimum atomic E-state index is 0.228. The molecule has 0 saturated carbocycles. The molecule has 1 aromatic carbocycles. The van der Waals surface area contributed by atoms with Gasteiger partial charge in [-0.05, 0) is 50.3 Å². The molecule has 82 valence electrons. The molecule has 15 heavy (non-hydrogen) atoms. The molecule has 0 spiro atoms. The number of hydrogen-bond donors (Lipinski definition) is 1. The molecule has 2 heteroatoms. The van der Waals surface area contributed by atoms with Gasteiger partial charge in [0, 0.05) is 6.04 Å². The quantitative estimate of drug-likeness (QED) is 0.804. The summed E-state index contributed by atoms with van der Waals surface area (Å²) >= 11 is 0. The predicted molar refractivity (Wildman–Crippen MR) is 62.2 cm³/mol. The molecule has 2 atom stereocenters. The topological polar surface area (TPSA) is 35.2 Å². The van der Waals surface area contributed by atoms with E-state index < -0.39 is 0 Å². The number of ether oxygens (including phenoxy) is 1. The summed E-state index contributed by atoms with van der Waals surface area (Å²) in [5, 5.41) is 0. The largest absolute Gasteiger partial charge is 0.490 e. The van der Waals surface area contributed by atoms with Gasteiger partial charge in [0.1, 0.15) is 5.75 Å². The highest BCUT2D eigenvalue weighted by Gasteiger charge is 2.16. The predicted octanol–water partition coefficient (Wildman–Crippen LogP) is 2.29. The molecule has 2 N–H and O–H groups in total. The molecular formula is C13H19NO. The van der Waals surface area contributed by atoms with Gasteiger partial charge in [-0.3, -0.25) is 0 Å². The molecule has 1 aliphatic rings. The number of hydrogen-bond acceptors (Lipinski definition) is 2. The van der Waals surface area contributed by atoms with Crippen molar-refractivity contribution in [3.05, 3.63) is 29.3 Å². The Morgan fingerprint density at radius 3 is 3.07 bits per heavy atom. The molecule has 0 bridgehead atoms. The van der Waals surface area contributed by atoms with Crippen LogP contribution in [0.5, 0.6) is 5.75 Å². The van der Waals surface area contributed by atoms with Crippen LogP contribution in [0, 0.1) is 0 Å². The van der Waals surface area contributed by atoms with E-state index in [0.717, 1.165) is 25.0 Å². The molecule has 2 nitrogen and oxygen atoms in total. The zero-order valence-electron chi connectivity index (χ0n) is 9.49. The summed E-state index contributed by atoms with van der Waals surface area (Å²) < 4.78 is 5.76. The van der Waals surface area contributed by atoms with E-state index in [-0.39, 0.29) is 6.04 Å². The van der Waals surface area contributed by atoms with Crippen LogP contribution in [0.3, 0.4) is 0 Å². The van der Waals surface area contributed by atoms with E-state index in [1.54, 1.807) is 0 Å². The van der Waals surface area contributed by atoms with Gasteiger partial charge in [0.15, 0.2) is 0 Å². The molecule has 0 amide bonds. The van der Waals surface area contributed by atoms with Crippen molar-refractivity contribution in [1.29, 1.82) is 0 Å². The summed E-state index contributed by atoms with van der Waals surface area (Å²) in [6.07, 6.45) is 3.55. The van der Waals surface area contributed by atoms with Gasteiger partial charge in [0.05, 0.1) is 6.10 Å². The van der Waals surface area contributed by atoms with Crippen LogP contribution in [-0.4, -0.2) is 12.1 Å². The summed E-state index contributed by atoms with van der Waals surface area (Å²) in [6.45, 7) is 4.16. The van der Waals surface area contributed by atoms with Crippen LogP contribution < -0.4 is 10.5 Å². The van der Waals surface area contributed by atoms with Crippen LogP contribution in [0.15, 0.2) is 18.2 Å². The third kappa shape index (κ3) is 2.51. The Balaban J connectivity index is 2.19. The van der Waals surface area contributed by atoms with E-state index >= 15 is 0 Å². The summed E-state index contributed by atoms with van der Waals surface area (Å²) in [5.74, 6) is 1.06. The monoisotopic (exact) mass is 205 g/mol. The highest BCUT2D eigenvalue weighted by atomic mass is 16.5. The molecule has 0 radical (unpaired) electrons. The average molecular weight is 205 g/mol. The maximum absolute atomic E-state index is 5.79. The van der Waals surface area contributed by atoms with E-state index in [0.29, 0.717) is 6.10 Å². The lowest BCUT2D eigenvalue weighted by atomic mass is 9.98. The Hall–Kier alpha value is -1.02. The fourth-order valence-electron chi connectivity index (χ4n) is 2.08. The van der Waals surface area contributed by atoms with E-state index in [4.69, 9.17) is 10.5 Å². The zero-order valence-corrected chi connectivity index (χ0v) is 9.49. The molecule has 2 rings (SSSR count). The number of aryl methyl sites for hydroxylation is 1. The first-order valence-electron chi connectivity index (χ1n) is 5.69. The highest BCUT2D eigenvalue weighted by Crippen LogP contribution is 2.28. The Morgan fingerprint density at radius 1 is 1.53 bits per heavy atom. The maximum Gasteiger partial charge on any atom is 0.122 e. The second-order valence-electron chi connectivity index (χ2n) is 4.59. The van der Waals surface area contributed by atoms with Crippen LogP contribution in [0.4, 0.5) is 0 Å². The van der Waals surface area contributed by atoms with Crippen LogP contribution in [0.1, 0.15) is 31.4 Å². The van der Waals surface area contributed by atoms with Crippen LogP contribution in [-0.2, 0) is 12.8 Å². The first kappa shape index (κ1) is 10.5. The smallest absolute Gasteiger partial charge is 0.122 e. The second kappa shape index (κ2) is 4.23. The van der Waals surface area contributed by atoms with Crippen molar-refractivity contribution in [2.45, 2.75) is 45.3 Å². The molecule has 1 aliphatic heterocycles. The van der Waals surface area contributed by atoms with Gasteiger partial charge in [0.2, 0.25) is 0 Å². The van der Waals surface area contributed by atoms with Gasteiger partial charge in [-0.2, -0.15) is 0 Å². The van der Waals surface area contributed by atoms with Crippen molar-refractivity contribution in [1.82, 2.24) is 0 Å². The molecule has 1 heterocycles. The van der Waals surface area contributed by atoms with E-state index in [9.17, 15) is 0 Å². The van der Waals surface area contributed by atoms with Crippen molar-refractivity contribution in [2.75, 3.05) is 0 Å². The lowest BCUT2D eigenvalue weighted by Gasteiger charge is -2.23. The number of benzene rings is 1. The molecule has 0 aromatic heterocycles. The first-order valence-corrected chi connectivity index (χ1v) is 5.69. The Kier molecular flexibility index (Phi) is 2.96. The number of nitrogens with two attached hydrogens (primary N) is 1. The summed E-state index contributed by atoms with van der Waals surface area (Å²) in [4.78, 5) is 0. The third-order valence-electron chi connectivity index (χ3n) is 2.83. The van der Waals surface area contributed by atoms with Crippen LogP contribution >= 0.6 is 0 Å². The minimum Gasteiger partial charge on any atom is -0.490 e. The second-order valence-corrected chi connectivity index (χ2v) is 4.59. The fourth-order valence-corrected chi connectivity index (χ4v) is 2.08. The van der Waals surface area contributed by atoms with Crippen molar-refractivity contribution in [3.8, 4) is 5.75 Å². The Labute approximate surface area is 91.4 Å². The van der Waals surface area contributed by atoms with Crippen molar-refractivity contribution in [3.63, 3.8) is 0 Å². The molecule has 0 fully saturated rings. The fraction of sp³-hybridized carbons (Fsp3) is 0.538. The lowest BCUT2D eigenvalue weighted by Crippen LogP contribution is -2.20. The van der Waals surface area contributed by atoms with Crippen LogP contribution in [0.2, 0.25) is 0 Å². The van der Waals surface area contributed by atoms with Gasteiger partial charge in [-0.25, -0.2) is 0 Å². The third-order valence-corrected chi connectivity index (χ3v) is 2.83. The van der Waals surface area contributed by atoms with E-state index in [1.165, 1.54) is 11.1 Å². The summed E-state index contributed by atoms with van der Waals surface area (Å²) in [5.41, 5.74) is 8.45. The number of fused-ring (bicyclic) bond motifs is 1. The maximum atomic E-state index is 5.79. The van der Waals surface area contributed by atoms with Gasteiger partial charge >= 0.3 is 0 Å². The molecule has 2 unspecified atom stereocenters. The number of rotatable bonds is 2. The van der Waals surface area contributed by atoms with Gasteiger partial charge < -0.3 is 10.5 Å². The molecule has 0 aliphatic carbocycles. The van der Waals surface area contributed by atoms with Gasteiger partial charge in [-0.1, -0.05) is 12.1 Å². The van der Waals surface area contributed by atoms with Gasteiger partial charge in [0.25, 0.3) is 0 Å². The molecular weight excluding hydrogens is 186 g/mol. The van der Waals surface area contributed by atoms with Crippen molar-refractivity contribution >= 4 is 0 Å². The average Bonchev–Trinajstić information content (AvgIpc) is 2.17. The van der Waals surface area contributed by atoms with Crippen LogP contribution in [0.25, 0.3) is 0 Å². The minimum absolute atomic E-state index is 0.228. The standard InChI is InChI=1S/C13H19NO/c1-9(14)7-11-4-6-13-12(8-11)5-3-10(2)15-13/h4,6,8-10H,3,5,7,14H2,1-2H3. The highest BCUT2D eigenvalue weighted by molar-refractivity contribution is 5.39. The zero-order chi connectivity index (χ0) is 10.8. The lowest BCUT2D eigenvalue weighted by molar-refractivity contribution is 0.192. The van der Waals surface area contributed by atoms with Gasteiger partial charge in [-0.15, -0.1) is 0 Å². The normalized spacial score (nSPS) is 21.7. The first-order chi connectivity index (χ1) is 7.15. The van der Waals surface area contributed by atoms with E-state index in [1.807, 2.05) is 6.92 Å². The summed E-state index contributed by atoms with van der Waals surface area (Å²) in [7, 11) is 0.